The van der Waals surface area contributed by atoms with E-state index in [4.69, 9.17) is 4.74 Å². The molecule has 2 aromatic rings. The molecule has 0 saturated carbocycles. The van der Waals surface area contributed by atoms with Gasteiger partial charge in [0.15, 0.2) is 12.4 Å². The maximum atomic E-state index is 12.3. The van der Waals surface area contributed by atoms with Gasteiger partial charge in [-0.05, 0) is 41.6 Å². The average Bonchev–Trinajstić information content (AvgIpc) is 3.20. The summed E-state index contributed by atoms with van der Waals surface area (Å²) in [5, 5.41) is 7.34. The van der Waals surface area contributed by atoms with Gasteiger partial charge in [-0.25, -0.2) is 0 Å². The first kappa shape index (κ1) is 23.3. The molecule has 1 aromatic heterocycles. The highest BCUT2D eigenvalue weighted by atomic mass is 32.1. The SMILES string of the molecule is CC(=O)NC(CC(=O)OCC(=O)c1ccc(NC(=O)CC(C)C)cc1)c1cccs1. The number of ether oxygens (including phenoxy) is 1. The van der Waals surface area contributed by atoms with Crippen LogP contribution in [0.4, 0.5) is 5.69 Å². The minimum absolute atomic E-state index is 0.0613. The van der Waals surface area contributed by atoms with Crippen molar-refractivity contribution in [2.45, 2.75) is 39.7 Å². The predicted molar refractivity (Wildman–Crippen MR) is 115 cm³/mol. The highest BCUT2D eigenvalue weighted by Gasteiger charge is 2.20. The molecular weight excluding hydrogens is 404 g/mol. The van der Waals surface area contributed by atoms with Crippen LogP contribution in [0.25, 0.3) is 0 Å². The third-order valence-corrected chi connectivity index (χ3v) is 5.07. The van der Waals surface area contributed by atoms with E-state index in [0.717, 1.165) is 4.88 Å². The Hall–Kier alpha value is -3.00. The van der Waals surface area contributed by atoms with E-state index in [0.29, 0.717) is 17.7 Å². The lowest BCUT2D eigenvalue weighted by molar-refractivity contribution is -0.143. The van der Waals surface area contributed by atoms with Crippen LogP contribution in [-0.2, 0) is 19.1 Å². The molecule has 7 nitrogen and oxygen atoms in total. The van der Waals surface area contributed by atoms with Crippen LogP contribution in [0.1, 0.15) is 54.9 Å². The lowest BCUT2D eigenvalue weighted by atomic mass is 10.1. The van der Waals surface area contributed by atoms with Gasteiger partial charge in [0.2, 0.25) is 11.8 Å². The Morgan fingerprint density at radius 3 is 2.30 bits per heavy atom. The fraction of sp³-hybridized carbons (Fsp3) is 0.364. The quantitative estimate of drug-likeness (QED) is 0.442. The number of nitrogens with one attached hydrogen (secondary N) is 2. The van der Waals surface area contributed by atoms with E-state index in [-0.39, 0.29) is 29.9 Å². The van der Waals surface area contributed by atoms with Gasteiger partial charge in [-0.1, -0.05) is 19.9 Å². The molecule has 0 radical (unpaired) electrons. The summed E-state index contributed by atoms with van der Waals surface area (Å²) in [5.41, 5.74) is 0.976. The molecule has 1 unspecified atom stereocenters. The minimum Gasteiger partial charge on any atom is -0.457 e. The summed E-state index contributed by atoms with van der Waals surface area (Å²) in [7, 11) is 0. The number of Topliss-reactive ketones (excluding diaryl/α,β-unsaturated/α-hetero) is 1. The second-order valence-electron chi connectivity index (χ2n) is 7.28. The standard InChI is InChI=1S/C22H26N2O5S/c1-14(2)11-21(27)24-17-8-6-16(7-9-17)19(26)13-29-22(28)12-18(23-15(3)25)20-5-4-10-30-20/h4-10,14,18H,11-13H2,1-3H3,(H,23,25)(H,24,27). The van der Waals surface area contributed by atoms with E-state index < -0.39 is 18.6 Å². The van der Waals surface area contributed by atoms with Crippen LogP contribution in [0.5, 0.6) is 0 Å². The number of carbonyl (C=O) groups is 4. The molecular formula is C22H26N2O5S. The Kier molecular flexibility index (Phi) is 8.73. The summed E-state index contributed by atoms with van der Waals surface area (Å²) in [6.45, 7) is 4.91. The van der Waals surface area contributed by atoms with Crippen molar-refractivity contribution in [3.05, 3.63) is 52.2 Å². The van der Waals surface area contributed by atoms with Gasteiger partial charge in [0, 0.05) is 29.5 Å². The van der Waals surface area contributed by atoms with Crippen LogP contribution in [-0.4, -0.2) is 30.2 Å². The van der Waals surface area contributed by atoms with Crippen molar-refractivity contribution >= 4 is 40.6 Å². The summed E-state index contributed by atoms with van der Waals surface area (Å²) < 4.78 is 5.10. The number of hydrogen-bond donors (Lipinski definition) is 2. The van der Waals surface area contributed by atoms with Crippen LogP contribution in [0.2, 0.25) is 0 Å². The van der Waals surface area contributed by atoms with Gasteiger partial charge in [0.05, 0.1) is 12.5 Å². The highest BCUT2D eigenvalue weighted by molar-refractivity contribution is 7.10. The van der Waals surface area contributed by atoms with Gasteiger partial charge in [-0.2, -0.15) is 0 Å². The second kappa shape index (κ2) is 11.3. The zero-order valence-electron chi connectivity index (χ0n) is 17.3. The van der Waals surface area contributed by atoms with Crippen molar-refractivity contribution in [1.82, 2.24) is 5.32 Å². The first-order valence-corrected chi connectivity index (χ1v) is 10.5. The zero-order chi connectivity index (χ0) is 22.1. The van der Waals surface area contributed by atoms with Crippen molar-refractivity contribution in [3.8, 4) is 0 Å². The molecule has 1 aromatic carbocycles. The number of amides is 2. The Bertz CT molecular complexity index is 875. The molecule has 0 aliphatic rings. The Morgan fingerprint density at radius 1 is 1.03 bits per heavy atom. The molecule has 2 rings (SSSR count). The molecule has 0 fully saturated rings. The average molecular weight is 431 g/mol. The number of anilines is 1. The summed E-state index contributed by atoms with van der Waals surface area (Å²) >= 11 is 1.43. The summed E-state index contributed by atoms with van der Waals surface area (Å²) in [6.07, 6.45) is 0.357. The number of esters is 1. The Morgan fingerprint density at radius 2 is 1.73 bits per heavy atom. The second-order valence-corrected chi connectivity index (χ2v) is 8.26. The van der Waals surface area contributed by atoms with Gasteiger partial charge in [-0.3, -0.25) is 19.2 Å². The number of carbonyl (C=O) groups excluding carboxylic acids is 4. The first-order valence-electron chi connectivity index (χ1n) is 9.64. The van der Waals surface area contributed by atoms with Crippen molar-refractivity contribution in [2.75, 3.05) is 11.9 Å². The zero-order valence-corrected chi connectivity index (χ0v) is 18.1. The van der Waals surface area contributed by atoms with Crippen molar-refractivity contribution in [1.29, 1.82) is 0 Å². The molecule has 2 amide bonds. The lowest BCUT2D eigenvalue weighted by Gasteiger charge is -2.15. The largest absolute Gasteiger partial charge is 0.457 e. The van der Waals surface area contributed by atoms with Crippen LogP contribution in [0.15, 0.2) is 41.8 Å². The van der Waals surface area contributed by atoms with Gasteiger partial charge in [-0.15, -0.1) is 11.3 Å². The van der Waals surface area contributed by atoms with Crippen LogP contribution in [0.3, 0.4) is 0 Å². The Labute approximate surface area is 179 Å². The first-order chi connectivity index (χ1) is 14.2. The molecule has 8 heteroatoms. The van der Waals surface area contributed by atoms with Crippen LogP contribution < -0.4 is 10.6 Å². The lowest BCUT2D eigenvalue weighted by Crippen LogP contribution is -2.28. The van der Waals surface area contributed by atoms with Crippen molar-refractivity contribution < 1.29 is 23.9 Å². The van der Waals surface area contributed by atoms with E-state index in [1.165, 1.54) is 18.3 Å². The van der Waals surface area contributed by atoms with E-state index in [1.807, 2.05) is 31.4 Å². The molecule has 1 heterocycles. The molecule has 0 aliphatic carbocycles. The number of ketones is 1. The fourth-order valence-corrected chi connectivity index (χ4v) is 3.51. The highest BCUT2D eigenvalue weighted by Crippen LogP contribution is 2.22. The predicted octanol–water partition coefficient (Wildman–Crippen LogP) is 3.73. The molecule has 160 valence electrons. The van der Waals surface area contributed by atoms with E-state index in [1.54, 1.807) is 24.3 Å². The van der Waals surface area contributed by atoms with E-state index in [2.05, 4.69) is 10.6 Å². The fourth-order valence-electron chi connectivity index (χ4n) is 2.73. The van der Waals surface area contributed by atoms with Crippen LogP contribution in [0, 0.1) is 5.92 Å². The van der Waals surface area contributed by atoms with Crippen molar-refractivity contribution in [3.63, 3.8) is 0 Å². The number of benzene rings is 1. The molecule has 2 N–H and O–H groups in total. The monoisotopic (exact) mass is 430 g/mol. The van der Waals surface area contributed by atoms with Gasteiger partial charge >= 0.3 is 5.97 Å². The third-order valence-electron chi connectivity index (χ3n) is 4.08. The van der Waals surface area contributed by atoms with Crippen molar-refractivity contribution in [2.24, 2.45) is 5.92 Å². The van der Waals surface area contributed by atoms with Gasteiger partial charge < -0.3 is 15.4 Å². The number of rotatable bonds is 10. The smallest absolute Gasteiger partial charge is 0.308 e. The normalized spacial score (nSPS) is 11.6. The molecule has 30 heavy (non-hydrogen) atoms. The van der Waals surface area contributed by atoms with Gasteiger partial charge in [0.25, 0.3) is 0 Å². The summed E-state index contributed by atoms with van der Waals surface area (Å²) in [6, 6.07) is 9.59. The maximum absolute atomic E-state index is 12.3. The molecule has 0 spiro atoms. The minimum atomic E-state index is -0.576. The number of hydrogen-bond acceptors (Lipinski definition) is 6. The molecule has 0 aliphatic heterocycles. The summed E-state index contributed by atoms with van der Waals surface area (Å²) in [5.74, 6) is -1.01. The van der Waals surface area contributed by atoms with E-state index in [9.17, 15) is 19.2 Å². The topological polar surface area (TPSA) is 102 Å². The number of thiophene rings is 1. The van der Waals surface area contributed by atoms with E-state index >= 15 is 0 Å². The van der Waals surface area contributed by atoms with Gasteiger partial charge in [0.1, 0.15) is 0 Å². The summed E-state index contributed by atoms with van der Waals surface area (Å²) in [4.78, 5) is 48.5. The van der Waals surface area contributed by atoms with Crippen LogP contribution >= 0.6 is 11.3 Å². The molecule has 0 bridgehead atoms. The third kappa shape index (κ3) is 7.79. The maximum Gasteiger partial charge on any atom is 0.308 e. The molecule has 0 saturated heterocycles. The molecule has 1 atom stereocenters. The Balaban J connectivity index is 1.86.